The van der Waals surface area contributed by atoms with E-state index in [1.54, 1.807) is 18.7 Å². The molecule has 0 bridgehead atoms. The van der Waals surface area contributed by atoms with Crippen LogP contribution in [-0.2, 0) is 6.42 Å². The van der Waals surface area contributed by atoms with Crippen LogP contribution in [0, 0.1) is 0 Å². The molecule has 19 heavy (non-hydrogen) atoms. The number of rotatable bonds is 5. The number of aromatic amines is 1. The molecule has 0 fully saturated rings. The molecule has 0 saturated carbocycles. The summed E-state index contributed by atoms with van der Waals surface area (Å²) < 4.78 is 0.587. The Bertz CT molecular complexity index is 560. The van der Waals surface area contributed by atoms with Gasteiger partial charge in [-0.1, -0.05) is 11.8 Å². The molecule has 2 heterocycles. The molecule has 8 heteroatoms. The number of imidazole rings is 1. The van der Waals surface area contributed by atoms with Crippen LogP contribution in [0.4, 0.5) is 0 Å². The molecule has 2 aromatic heterocycles. The van der Waals surface area contributed by atoms with E-state index >= 15 is 0 Å². The number of amides is 1. The molecule has 0 aliphatic heterocycles. The number of thioether (sulfide) groups is 1. The zero-order valence-corrected chi connectivity index (χ0v) is 12.6. The van der Waals surface area contributed by atoms with Crippen LogP contribution in [0.15, 0.2) is 28.4 Å². The van der Waals surface area contributed by atoms with Crippen molar-refractivity contribution in [2.24, 2.45) is 0 Å². The molecule has 0 aliphatic rings. The number of aromatic nitrogens is 4. The molecule has 0 aliphatic carbocycles. The molecule has 0 saturated heterocycles. The van der Waals surface area contributed by atoms with Gasteiger partial charge in [0.25, 0.3) is 5.91 Å². The minimum atomic E-state index is -0.218. The van der Waals surface area contributed by atoms with Crippen LogP contribution in [0.3, 0.4) is 0 Å². The minimum absolute atomic E-state index is 0.218. The van der Waals surface area contributed by atoms with Crippen LogP contribution in [0.1, 0.15) is 16.2 Å². The van der Waals surface area contributed by atoms with Gasteiger partial charge in [-0.05, 0) is 22.2 Å². The predicted octanol–water partition coefficient (Wildman–Crippen LogP) is 1.66. The Labute approximate surface area is 123 Å². The van der Waals surface area contributed by atoms with E-state index in [1.165, 1.54) is 11.8 Å². The summed E-state index contributed by atoms with van der Waals surface area (Å²) in [6, 6.07) is 0. The van der Waals surface area contributed by atoms with E-state index in [-0.39, 0.29) is 5.91 Å². The highest BCUT2D eigenvalue weighted by Crippen LogP contribution is 2.16. The van der Waals surface area contributed by atoms with Gasteiger partial charge in [0.05, 0.1) is 10.8 Å². The molecule has 1 amide bonds. The van der Waals surface area contributed by atoms with E-state index < -0.39 is 0 Å². The van der Waals surface area contributed by atoms with E-state index in [9.17, 15) is 4.79 Å². The van der Waals surface area contributed by atoms with Crippen LogP contribution < -0.4 is 5.32 Å². The number of nitrogens with one attached hydrogen (secondary N) is 2. The first-order valence-electron chi connectivity index (χ1n) is 5.52. The largest absolute Gasteiger partial charge is 0.350 e. The number of carbonyl (C=O) groups excluding carboxylic acids is 1. The molecule has 0 spiro atoms. The Hall–Kier alpha value is -1.41. The van der Waals surface area contributed by atoms with Crippen LogP contribution in [0.2, 0.25) is 0 Å². The zero-order chi connectivity index (χ0) is 13.7. The molecule has 100 valence electrons. The van der Waals surface area contributed by atoms with Crippen molar-refractivity contribution in [1.29, 1.82) is 0 Å². The highest BCUT2D eigenvalue weighted by Gasteiger charge is 2.13. The Kier molecular flexibility index (Phi) is 4.92. The molecular formula is C11H12BrN5OS. The van der Waals surface area contributed by atoms with Crippen molar-refractivity contribution in [3.05, 3.63) is 34.6 Å². The fraction of sp³-hybridized carbons (Fsp3) is 0.273. The second kappa shape index (κ2) is 6.67. The van der Waals surface area contributed by atoms with Crippen LogP contribution >= 0.6 is 27.7 Å². The van der Waals surface area contributed by atoms with Gasteiger partial charge in [0.15, 0.2) is 5.16 Å². The summed E-state index contributed by atoms with van der Waals surface area (Å²) in [6.45, 7) is 0.520. The van der Waals surface area contributed by atoms with Crippen LogP contribution in [-0.4, -0.2) is 38.6 Å². The van der Waals surface area contributed by atoms with Crippen molar-refractivity contribution in [3.8, 4) is 0 Å². The summed E-state index contributed by atoms with van der Waals surface area (Å²) in [7, 11) is 0. The number of hydrogen-bond donors (Lipinski definition) is 2. The van der Waals surface area contributed by atoms with Crippen molar-refractivity contribution in [3.63, 3.8) is 0 Å². The lowest BCUT2D eigenvalue weighted by Gasteiger charge is -2.06. The first-order valence-corrected chi connectivity index (χ1v) is 7.54. The highest BCUT2D eigenvalue weighted by atomic mass is 79.9. The van der Waals surface area contributed by atoms with Gasteiger partial charge in [-0.15, -0.1) is 0 Å². The number of hydrogen-bond acceptors (Lipinski definition) is 5. The summed E-state index contributed by atoms with van der Waals surface area (Å²) >= 11 is 4.67. The standard InChI is InChI=1S/C11H12BrN5OS/c1-19-11-15-5-8(12)9(17-11)10(18)14-3-2-7-4-13-6-16-7/h4-6H,2-3H2,1H3,(H,13,16)(H,14,18). The summed E-state index contributed by atoms with van der Waals surface area (Å²) in [5, 5.41) is 3.38. The van der Waals surface area contributed by atoms with E-state index in [0.717, 1.165) is 5.69 Å². The van der Waals surface area contributed by atoms with Gasteiger partial charge in [0.2, 0.25) is 0 Å². The lowest BCUT2D eigenvalue weighted by Crippen LogP contribution is -2.27. The molecule has 0 atom stereocenters. The number of H-pyrrole nitrogens is 1. The van der Waals surface area contributed by atoms with E-state index in [2.05, 4.69) is 41.2 Å². The van der Waals surface area contributed by atoms with Crippen molar-refractivity contribution in [2.75, 3.05) is 12.8 Å². The third kappa shape index (κ3) is 3.77. The Morgan fingerprint density at radius 1 is 1.53 bits per heavy atom. The fourth-order valence-electron chi connectivity index (χ4n) is 1.42. The minimum Gasteiger partial charge on any atom is -0.350 e. The normalized spacial score (nSPS) is 10.4. The van der Waals surface area contributed by atoms with Gasteiger partial charge in [-0.2, -0.15) is 0 Å². The molecule has 0 unspecified atom stereocenters. The molecule has 2 aromatic rings. The van der Waals surface area contributed by atoms with Crippen molar-refractivity contribution < 1.29 is 4.79 Å². The summed E-state index contributed by atoms with van der Waals surface area (Å²) in [5.74, 6) is -0.218. The van der Waals surface area contributed by atoms with Gasteiger partial charge >= 0.3 is 0 Å². The van der Waals surface area contributed by atoms with E-state index in [1.807, 2.05) is 6.26 Å². The van der Waals surface area contributed by atoms with Crippen molar-refractivity contribution in [2.45, 2.75) is 11.6 Å². The molecular weight excluding hydrogens is 330 g/mol. The molecule has 0 aromatic carbocycles. The summed E-state index contributed by atoms with van der Waals surface area (Å²) in [4.78, 5) is 27.1. The van der Waals surface area contributed by atoms with Gasteiger partial charge < -0.3 is 10.3 Å². The lowest BCUT2D eigenvalue weighted by atomic mass is 10.3. The topological polar surface area (TPSA) is 83.6 Å². The molecule has 2 rings (SSSR count). The maximum absolute atomic E-state index is 12.0. The fourth-order valence-corrected chi connectivity index (χ4v) is 2.14. The second-order valence-electron chi connectivity index (χ2n) is 3.64. The lowest BCUT2D eigenvalue weighted by molar-refractivity contribution is 0.0947. The van der Waals surface area contributed by atoms with Crippen LogP contribution in [0.5, 0.6) is 0 Å². The van der Waals surface area contributed by atoms with Gasteiger partial charge in [-0.3, -0.25) is 4.79 Å². The predicted molar refractivity (Wildman–Crippen MR) is 76.1 cm³/mol. The number of carbonyl (C=O) groups is 1. The third-order valence-corrected chi connectivity index (χ3v) is 3.50. The first-order chi connectivity index (χ1) is 9.20. The Morgan fingerprint density at radius 2 is 2.37 bits per heavy atom. The number of nitrogens with zero attached hydrogens (tertiary/aromatic N) is 3. The SMILES string of the molecule is CSc1ncc(Br)c(C(=O)NCCc2cnc[nH]2)n1. The van der Waals surface area contributed by atoms with Crippen molar-refractivity contribution in [1.82, 2.24) is 25.3 Å². The van der Waals surface area contributed by atoms with Gasteiger partial charge in [0.1, 0.15) is 5.69 Å². The maximum Gasteiger partial charge on any atom is 0.271 e. The van der Waals surface area contributed by atoms with Crippen LogP contribution in [0.25, 0.3) is 0 Å². The Balaban J connectivity index is 1.95. The van der Waals surface area contributed by atoms with E-state index in [0.29, 0.717) is 28.3 Å². The molecule has 6 nitrogen and oxygen atoms in total. The quantitative estimate of drug-likeness (QED) is 0.638. The van der Waals surface area contributed by atoms with Gasteiger partial charge in [-0.25, -0.2) is 15.0 Å². The van der Waals surface area contributed by atoms with Gasteiger partial charge in [0, 0.05) is 31.1 Å². The molecule has 2 N–H and O–H groups in total. The summed E-state index contributed by atoms with van der Waals surface area (Å²) in [6.07, 6.45) is 7.50. The summed E-state index contributed by atoms with van der Waals surface area (Å²) in [5.41, 5.74) is 1.33. The zero-order valence-electron chi connectivity index (χ0n) is 10.2. The third-order valence-electron chi connectivity index (χ3n) is 2.35. The highest BCUT2D eigenvalue weighted by molar-refractivity contribution is 9.10. The maximum atomic E-state index is 12.0. The average Bonchev–Trinajstić information content (AvgIpc) is 2.92. The first kappa shape index (κ1) is 14.0. The Morgan fingerprint density at radius 3 is 3.05 bits per heavy atom. The van der Waals surface area contributed by atoms with E-state index in [4.69, 9.17) is 0 Å². The number of halogens is 1. The monoisotopic (exact) mass is 341 g/mol. The smallest absolute Gasteiger partial charge is 0.271 e. The average molecular weight is 342 g/mol. The molecule has 0 radical (unpaired) electrons. The second-order valence-corrected chi connectivity index (χ2v) is 5.26. The van der Waals surface area contributed by atoms with Crippen molar-refractivity contribution >= 4 is 33.6 Å².